The number of carbonyl (C=O) groups excluding carboxylic acids is 2. The van der Waals surface area contributed by atoms with E-state index in [-0.39, 0.29) is 48.3 Å². The largest absolute Gasteiger partial charge is 0.444 e. The van der Waals surface area contributed by atoms with Gasteiger partial charge in [0.25, 0.3) is 5.91 Å². The van der Waals surface area contributed by atoms with Gasteiger partial charge in [-0.05, 0) is 101 Å². The molecular weight excluding hydrogens is 640 g/mol. The quantitative estimate of drug-likeness (QED) is 0.248. The van der Waals surface area contributed by atoms with Gasteiger partial charge in [0.1, 0.15) is 17.8 Å². The van der Waals surface area contributed by atoms with Crippen LogP contribution in [-0.4, -0.2) is 49.0 Å². The monoisotopic (exact) mass is 677 g/mol. The van der Waals surface area contributed by atoms with Crippen LogP contribution >= 0.6 is 0 Å². The number of benzene rings is 2. The molecule has 1 aromatic heterocycles. The second-order valence-corrected chi connectivity index (χ2v) is 14.5. The molecule has 2 aliphatic carbocycles. The number of ether oxygens (including phenoxy) is 1. The van der Waals surface area contributed by atoms with Crippen LogP contribution in [0.5, 0.6) is 0 Å². The van der Waals surface area contributed by atoms with Crippen molar-refractivity contribution >= 4 is 17.7 Å². The van der Waals surface area contributed by atoms with Crippen LogP contribution in [0.2, 0.25) is 0 Å². The zero-order chi connectivity index (χ0) is 35.0. The Bertz CT molecular complexity index is 1750. The van der Waals surface area contributed by atoms with Gasteiger partial charge >= 0.3 is 18.4 Å². The summed E-state index contributed by atoms with van der Waals surface area (Å²) in [5.41, 5.74) is -3.07. The Morgan fingerprint density at radius 3 is 2.29 bits per heavy atom. The van der Waals surface area contributed by atoms with Crippen molar-refractivity contribution in [3.05, 3.63) is 76.4 Å². The number of hydrogen-bond donors (Lipinski definition) is 0. The lowest BCUT2D eigenvalue weighted by Crippen LogP contribution is -2.54. The lowest BCUT2D eigenvalue weighted by atomic mass is 9.57. The Labute approximate surface area is 274 Å². The maximum absolute atomic E-state index is 14.6. The van der Waals surface area contributed by atoms with Crippen molar-refractivity contribution < 1.29 is 40.7 Å². The van der Waals surface area contributed by atoms with Crippen LogP contribution in [0.1, 0.15) is 98.2 Å². The topological polar surface area (TPSA) is 80.6 Å². The normalized spacial score (nSPS) is 22.2. The van der Waals surface area contributed by atoms with Gasteiger partial charge in [0, 0.05) is 30.4 Å². The third kappa shape index (κ3) is 5.91. The summed E-state index contributed by atoms with van der Waals surface area (Å²) in [5, 5.41) is 7.98. The summed E-state index contributed by atoms with van der Waals surface area (Å²) in [6.07, 6.45) is -6.86. The van der Waals surface area contributed by atoms with E-state index < -0.39 is 52.4 Å². The molecule has 0 spiro atoms. The minimum atomic E-state index is -4.80. The van der Waals surface area contributed by atoms with Gasteiger partial charge in [0.05, 0.1) is 23.4 Å². The molecule has 2 aromatic carbocycles. The highest BCUT2D eigenvalue weighted by Crippen LogP contribution is 2.57. The summed E-state index contributed by atoms with van der Waals surface area (Å²) in [6, 6.07) is 8.71. The van der Waals surface area contributed by atoms with Crippen molar-refractivity contribution in [1.29, 1.82) is 0 Å². The first kappa shape index (κ1) is 33.8. The molecule has 1 aliphatic heterocycles. The number of anilines is 1. The van der Waals surface area contributed by atoms with Crippen LogP contribution in [0.4, 0.5) is 36.8 Å². The Kier molecular flexibility index (Phi) is 7.90. The summed E-state index contributed by atoms with van der Waals surface area (Å²) in [6.45, 7) is 6.42. The van der Waals surface area contributed by atoms with Crippen molar-refractivity contribution in [3.8, 4) is 0 Å². The van der Waals surface area contributed by atoms with Crippen molar-refractivity contribution in [2.75, 3.05) is 4.90 Å². The molecule has 0 N–H and O–H groups in total. The van der Waals surface area contributed by atoms with Crippen molar-refractivity contribution in [3.63, 3.8) is 0 Å². The van der Waals surface area contributed by atoms with Gasteiger partial charge < -0.3 is 14.2 Å². The first-order valence-electron chi connectivity index (χ1n) is 15.8. The van der Waals surface area contributed by atoms with E-state index in [1.807, 2.05) is 6.92 Å². The SMILES string of the molecule is Cn1cnnc1C1(c2cccc(N3Cc4c(cc(CN(C(=O)OC(C)(C)C)C5(C)CCC5)cc4C(F)(F)F)C3=O)c2)CC(C(F)(F)F)C1. The molecule has 14 heteroatoms. The van der Waals surface area contributed by atoms with Gasteiger partial charge in [-0.1, -0.05) is 12.1 Å². The molecule has 3 aliphatic rings. The lowest BCUT2D eigenvalue weighted by molar-refractivity contribution is -0.206. The molecule has 0 unspecified atom stereocenters. The molecule has 0 bridgehead atoms. The fourth-order valence-corrected chi connectivity index (χ4v) is 7.20. The van der Waals surface area contributed by atoms with E-state index in [2.05, 4.69) is 10.2 Å². The second-order valence-electron chi connectivity index (χ2n) is 14.5. The molecular formula is C34H37F6N5O3. The molecule has 0 radical (unpaired) electrons. The number of alkyl halides is 6. The number of halogens is 6. The fourth-order valence-electron chi connectivity index (χ4n) is 7.20. The lowest BCUT2D eigenvalue weighted by Gasteiger charge is -2.47. The molecule has 8 nitrogen and oxygen atoms in total. The molecule has 0 saturated heterocycles. The number of amides is 2. The maximum atomic E-state index is 14.6. The fraction of sp³-hybridized carbons (Fsp3) is 0.529. The molecule has 0 atom stereocenters. The number of rotatable bonds is 6. The minimum Gasteiger partial charge on any atom is -0.444 e. The van der Waals surface area contributed by atoms with E-state index in [0.717, 1.165) is 12.5 Å². The molecule has 2 fully saturated rings. The average Bonchev–Trinajstić information content (AvgIpc) is 3.50. The van der Waals surface area contributed by atoms with E-state index in [0.29, 0.717) is 24.2 Å². The van der Waals surface area contributed by atoms with Gasteiger partial charge in [0.2, 0.25) is 0 Å². The van der Waals surface area contributed by atoms with Crippen LogP contribution in [0.15, 0.2) is 42.7 Å². The third-order valence-electron chi connectivity index (χ3n) is 9.95. The number of carbonyl (C=O) groups is 2. The smallest absolute Gasteiger partial charge is 0.416 e. The number of hydrogen-bond acceptors (Lipinski definition) is 5. The van der Waals surface area contributed by atoms with Gasteiger partial charge in [0.15, 0.2) is 0 Å². The Hall–Kier alpha value is -4.10. The molecule has 258 valence electrons. The van der Waals surface area contributed by atoms with Crippen LogP contribution in [0, 0.1) is 5.92 Å². The van der Waals surface area contributed by atoms with Crippen LogP contribution < -0.4 is 4.90 Å². The molecule has 2 saturated carbocycles. The Balaban J connectivity index is 1.35. The van der Waals surface area contributed by atoms with Crippen molar-refractivity contribution in [2.45, 2.75) is 102 Å². The first-order chi connectivity index (χ1) is 22.2. The van der Waals surface area contributed by atoms with E-state index in [1.54, 1.807) is 56.7 Å². The second kappa shape index (κ2) is 11.2. The van der Waals surface area contributed by atoms with Gasteiger partial charge in [-0.15, -0.1) is 10.2 Å². The highest BCUT2D eigenvalue weighted by atomic mass is 19.4. The van der Waals surface area contributed by atoms with E-state index >= 15 is 0 Å². The van der Waals surface area contributed by atoms with E-state index in [1.165, 1.54) is 22.2 Å². The van der Waals surface area contributed by atoms with E-state index in [9.17, 15) is 35.9 Å². The molecule has 2 heterocycles. The molecule has 6 rings (SSSR count). The molecule has 2 amide bonds. The number of nitrogens with zero attached hydrogens (tertiary/aromatic N) is 5. The minimum absolute atomic E-state index is 0.137. The van der Waals surface area contributed by atoms with Crippen LogP contribution in [-0.2, 0) is 36.5 Å². The average molecular weight is 678 g/mol. The zero-order valence-corrected chi connectivity index (χ0v) is 27.3. The summed E-state index contributed by atoms with van der Waals surface area (Å²) >= 11 is 0. The maximum Gasteiger partial charge on any atom is 0.416 e. The van der Waals surface area contributed by atoms with Crippen molar-refractivity contribution in [2.24, 2.45) is 13.0 Å². The summed E-state index contributed by atoms with van der Waals surface area (Å²) < 4.78 is 91.9. The van der Waals surface area contributed by atoms with Crippen LogP contribution in [0.25, 0.3) is 0 Å². The number of aryl methyl sites for hydroxylation is 1. The zero-order valence-electron chi connectivity index (χ0n) is 27.3. The summed E-state index contributed by atoms with van der Waals surface area (Å²) in [7, 11) is 1.63. The predicted octanol–water partition coefficient (Wildman–Crippen LogP) is 7.93. The summed E-state index contributed by atoms with van der Waals surface area (Å²) in [5.74, 6) is -1.91. The van der Waals surface area contributed by atoms with Gasteiger partial charge in [-0.3, -0.25) is 9.69 Å². The highest BCUT2D eigenvalue weighted by molar-refractivity contribution is 6.10. The number of aromatic nitrogens is 3. The Morgan fingerprint density at radius 1 is 1.06 bits per heavy atom. The molecule has 48 heavy (non-hydrogen) atoms. The van der Waals surface area contributed by atoms with Gasteiger partial charge in [-0.2, -0.15) is 26.3 Å². The molecule has 3 aromatic rings. The van der Waals surface area contributed by atoms with Crippen LogP contribution in [0.3, 0.4) is 0 Å². The Morgan fingerprint density at radius 2 is 1.75 bits per heavy atom. The summed E-state index contributed by atoms with van der Waals surface area (Å²) in [4.78, 5) is 29.8. The predicted molar refractivity (Wildman–Crippen MR) is 163 cm³/mol. The van der Waals surface area contributed by atoms with Crippen molar-refractivity contribution in [1.82, 2.24) is 19.7 Å². The standard InChI is InChI=1S/C34H37F6N5O3/c1-30(2,3)48-29(47)45(31(4)10-7-11-31)17-20-12-24-25(26(13-20)34(38,39)40)18-44(27(24)46)23-9-6-8-21(14-23)32(28-42-41-19-43(28)5)15-22(16-32)33(35,36)37/h6,8-9,12-14,19,22H,7,10-11,15-18H2,1-5H3. The van der Waals surface area contributed by atoms with Gasteiger partial charge in [-0.25, -0.2) is 4.79 Å². The first-order valence-corrected chi connectivity index (χ1v) is 15.8. The number of fused-ring (bicyclic) bond motifs is 1. The third-order valence-corrected chi connectivity index (χ3v) is 9.95. The highest BCUT2D eigenvalue weighted by Gasteiger charge is 2.59. The van der Waals surface area contributed by atoms with E-state index in [4.69, 9.17) is 4.74 Å².